The minimum atomic E-state index is -2.53. The Morgan fingerprint density at radius 2 is 1.86 bits per heavy atom. The zero-order valence-corrected chi connectivity index (χ0v) is 16.0. The van der Waals surface area contributed by atoms with Crippen LogP contribution in [0.4, 0.5) is 0 Å². The molecule has 0 aromatic heterocycles. The molecule has 0 radical (unpaired) electrons. The Morgan fingerprint density at radius 1 is 1.18 bits per heavy atom. The quantitative estimate of drug-likeness (QED) is 0.404. The summed E-state index contributed by atoms with van der Waals surface area (Å²) in [6.45, 7) is 0. The molecule has 0 heterocycles. The molecule has 3 atom stereocenters. The van der Waals surface area contributed by atoms with Crippen LogP contribution in [0.5, 0.6) is 5.75 Å². The van der Waals surface area contributed by atoms with Gasteiger partial charge in [0.1, 0.15) is 22.8 Å². The number of Topliss-reactive ketones (excluding diaryl/α,β-unsaturated/α-hetero) is 2. The van der Waals surface area contributed by atoms with E-state index < -0.39 is 52.0 Å². The molecule has 1 amide bonds. The lowest BCUT2D eigenvalue weighted by atomic mass is 9.60. The zero-order chi connectivity index (χ0) is 20.5. The van der Waals surface area contributed by atoms with Crippen molar-refractivity contribution in [3.8, 4) is 5.75 Å². The SMILES string of the molecule is NC(=O)C1=C(O)C[C@@H]2C[C@@H]3Cc4c(Br)ccc(O)c4C(=O)C3=C(O)[C@]2(O)C1=O. The Balaban J connectivity index is 1.93. The average Bonchev–Trinajstić information content (AvgIpc) is 2.61. The van der Waals surface area contributed by atoms with Crippen molar-refractivity contribution in [1.82, 2.24) is 0 Å². The van der Waals surface area contributed by atoms with E-state index in [9.17, 15) is 34.8 Å². The number of allylic oxidation sites excluding steroid dienone is 2. The van der Waals surface area contributed by atoms with E-state index in [1.165, 1.54) is 6.07 Å². The number of amides is 1. The second-order valence-corrected chi connectivity index (χ2v) is 8.19. The van der Waals surface area contributed by atoms with E-state index in [2.05, 4.69) is 15.9 Å². The molecule has 6 N–H and O–H groups in total. The summed E-state index contributed by atoms with van der Waals surface area (Å²) in [6, 6.07) is 2.93. The van der Waals surface area contributed by atoms with Gasteiger partial charge in [0.15, 0.2) is 11.4 Å². The third-order valence-electron chi connectivity index (χ3n) is 5.89. The summed E-state index contributed by atoms with van der Waals surface area (Å²) < 4.78 is 0.617. The van der Waals surface area contributed by atoms with Gasteiger partial charge in [0.2, 0.25) is 5.78 Å². The zero-order valence-electron chi connectivity index (χ0n) is 14.4. The van der Waals surface area contributed by atoms with Gasteiger partial charge in [0.25, 0.3) is 5.91 Å². The van der Waals surface area contributed by atoms with Crippen molar-refractivity contribution in [1.29, 1.82) is 0 Å². The molecule has 3 aliphatic carbocycles. The molecule has 9 heteroatoms. The summed E-state index contributed by atoms with van der Waals surface area (Å²) in [7, 11) is 0. The largest absolute Gasteiger partial charge is 0.511 e. The highest BCUT2D eigenvalue weighted by atomic mass is 79.9. The second-order valence-electron chi connectivity index (χ2n) is 7.33. The van der Waals surface area contributed by atoms with Gasteiger partial charge in [-0.1, -0.05) is 15.9 Å². The van der Waals surface area contributed by atoms with Gasteiger partial charge in [-0.2, -0.15) is 0 Å². The van der Waals surface area contributed by atoms with E-state index >= 15 is 0 Å². The van der Waals surface area contributed by atoms with Crippen molar-refractivity contribution in [2.45, 2.75) is 24.9 Å². The lowest BCUT2D eigenvalue weighted by Gasteiger charge is -2.45. The fourth-order valence-corrected chi connectivity index (χ4v) is 5.07. The third-order valence-corrected chi connectivity index (χ3v) is 6.63. The Morgan fingerprint density at radius 3 is 2.50 bits per heavy atom. The minimum Gasteiger partial charge on any atom is -0.511 e. The average molecular weight is 450 g/mol. The number of ketones is 2. The smallest absolute Gasteiger partial charge is 0.255 e. The fraction of sp³-hybridized carbons (Fsp3) is 0.316. The van der Waals surface area contributed by atoms with E-state index in [1.807, 2.05) is 0 Å². The summed E-state index contributed by atoms with van der Waals surface area (Å²) >= 11 is 3.35. The van der Waals surface area contributed by atoms with Gasteiger partial charge in [-0.25, -0.2) is 0 Å². The Labute approximate surface area is 167 Å². The summed E-state index contributed by atoms with van der Waals surface area (Å²) in [5.41, 5.74) is 2.22. The van der Waals surface area contributed by atoms with Gasteiger partial charge in [-0.15, -0.1) is 0 Å². The normalized spacial score (nSPS) is 29.4. The Hall–Kier alpha value is -2.65. The number of fused-ring (bicyclic) bond motifs is 3. The molecule has 146 valence electrons. The molecule has 0 saturated carbocycles. The number of benzene rings is 1. The number of phenolic OH excluding ortho intramolecular Hbond substituents is 1. The number of aromatic hydroxyl groups is 1. The van der Waals surface area contributed by atoms with Crippen LogP contribution in [0.2, 0.25) is 0 Å². The lowest BCUT2D eigenvalue weighted by molar-refractivity contribution is -0.144. The van der Waals surface area contributed by atoms with Gasteiger partial charge in [0, 0.05) is 22.4 Å². The summed E-state index contributed by atoms with van der Waals surface area (Å²) in [5, 5.41) is 42.1. The van der Waals surface area contributed by atoms with Gasteiger partial charge in [-0.05, 0) is 36.5 Å². The van der Waals surface area contributed by atoms with Crippen molar-refractivity contribution >= 4 is 33.4 Å². The van der Waals surface area contributed by atoms with Crippen LogP contribution in [0.3, 0.4) is 0 Å². The van der Waals surface area contributed by atoms with Crippen molar-refractivity contribution in [2.24, 2.45) is 17.6 Å². The first kappa shape index (κ1) is 18.7. The Bertz CT molecular complexity index is 1040. The molecule has 1 aromatic rings. The number of aliphatic hydroxyl groups is 3. The summed E-state index contributed by atoms with van der Waals surface area (Å²) in [4.78, 5) is 37.4. The maximum Gasteiger partial charge on any atom is 0.255 e. The molecule has 0 saturated heterocycles. The van der Waals surface area contributed by atoms with E-state index in [0.29, 0.717) is 10.0 Å². The topological polar surface area (TPSA) is 158 Å². The highest BCUT2D eigenvalue weighted by Gasteiger charge is 2.59. The number of aliphatic hydroxyl groups excluding tert-OH is 2. The van der Waals surface area contributed by atoms with Gasteiger partial charge >= 0.3 is 0 Å². The number of nitrogens with two attached hydrogens (primary N) is 1. The molecule has 0 fully saturated rings. The molecule has 4 rings (SSSR count). The van der Waals surface area contributed by atoms with Crippen LogP contribution in [0.15, 0.2) is 39.3 Å². The van der Waals surface area contributed by atoms with Gasteiger partial charge in [0.05, 0.1) is 5.56 Å². The Kier molecular flexibility index (Phi) is 3.95. The molecule has 0 unspecified atom stereocenters. The van der Waals surface area contributed by atoms with Crippen LogP contribution in [-0.2, 0) is 16.0 Å². The molecule has 0 spiro atoms. The molecular formula is C19H16BrNO7. The highest BCUT2D eigenvalue weighted by molar-refractivity contribution is 9.10. The number of phenols is 1. The summed E-state index contributed by atoms with van der Waals surface area (Å²) in [5.74, 6) is -6.26. The van der Waals surface area contributed by atoms with E-state index in [-0.39, 0.29) is 36.1 Å². The third kappa shape index (κ3) is 2.23. The van der Waals surface area contributed by atoms with E-state index in [1.54, 1.807) is 6.07 Å². The van der Waals surface area contributed by atoms with Crippen LogP contribution in [0.25, 0.3) is 0 Å². The first-order valence-electron chi connectivity index (χ1n) is 8.56. The molecule has 0 aliphatic heterocycles. The number of primary amides is 1. The molecule has 28 heavy (non-hydrogen) atoms. The number of rotatable bonds is 1. The van der Waals surface area contributed by atoms with Crippen LogP contribution in [0.1, 0.15) is 28.8 Å². The fourth-order valence-electron chi connectivity index (χ4n) is 4.58. The first-order chi connectivity index (χ1) is 13.1. The first-order valence-corrected chi connectivity index (χ1v) is 9.36. The minimum absolute atomic E-state index is 0.00834. The standard InChI is InChI=1S/C19H16BrNO7/c20-9-1-2-10(22)13-8(9)4-6-3-7-5-11(23)14(18(21)27)17(26)19(7,28)16(25)12(6)15(13)24/h1-2,6-7,22-23,25,28H,3-5H2,(H2,21,27)/t6-,7+,19+/m1/s1. The molecule has 0 bridgehead atoms. The second kappa shape index (κ2) is 5.92. The van der Waals surface area contributed by atoms with Crippen LogP contribution >= 0.6 is 15.9 Å². The number of carbonyl (C=O) groups excluding carboxylic acids is 3. The monoisotopic (exact) mass is 449 g/mol. The maximum atomic E-state index is 13.1. The van der Waals surface area contributed by atoms with Crippen molar-refractivity contribution in [2.75, 3.05) is 0 Å². The van der Waals surface area contributed by atoms with Crippen molar-refractivity contribution < 1.29 is 34.8 Å². The predicted molar refractivity (Wildman–Crippen MR) is 98.5 cm³/mol. The molecule has 8 nitrogen and oxygen atoms in total. The van der Waals surface area contributed by atoms with E-state index in [4.69, 9.17) is 5.73 Å². The number of hydrogen-bond acceptors (Lipinski definition) is 7. The van der Waals surface area contributed by atoms with Crippen molar-refractivity contribution in [3.05, 3.63) is 50.4 Å². The summed E-state index contributed by atoms with van der Waals surface area (Å²) in [6.07, 6.45) is 0.158. The lowest BCUT2D eigenvalue weighted by Crippen LogP contribution is -2.57. The van der Waals surface area contributed by atoms with Gasteiger partial charge in [-0.3, -0.25) is 14.4 Å². The number of hydrogen-bond donors (Lipinski definition) is 5. The molecule has 1 aromatic carbocycles. The predicted octanol–water partition coefficient (Wildman–Crippen LogP) is 1.34. The molecular weight excluding hydrogens is 434 g/mol. The number of halogens is 1. The van der Waals surface area contributed by atoms with Crippen LogP contribution in [0, 0.1) is 11.8 Å². The van der Waals surface area contributed by atoms with Gasteiger partial charge < -0.3 is 26.2 Å². The maximum absolute atomic E-state index is 13.1. The van der Waals surface area contributed by atoms with E-state index in [0.717, 1.165) is 0 Å². The van der Waals surface area contributed by atoms with Crippen LogP contribution in [-0.4, -0.2) is 43.5 Å². The molecule has 3 aliphatic rings. The van der Waals surface area contributed by atoms with Crippen LogP contribution < -0.4 is 5.73 Å². The van der Waals surface area contributed by atoms with Crippen molar-refractivity contribution in [3.63, 3.8) is 0 Å². The number of carbonyl (C=O) groups is 3. The highest BCUT2D eigenvalue weighted by Crippen LogP contribution is 2.51.